The van der Waals surface area contributed by atoms with Crippen LogP contribution in [-0.4, -0.2) is 27.9 Å². The predicted octanol–water partition coefficient (Wildman–Crippen LogP) is 2.23. The highest BCUT2D eigenvalue weighted by Crippen LogP contribution is 2.27. The number of carboxylic acid groups (broad SMARTS) is 1. The standard InChI is InChI=1S/C13H13ClN2O5/c14-10-5-4-7(16(20)21)6-9(10)12(17)15-11-3-1-2-8(11)13(18)19/h4-6,8,11H,1-3H2,(H,15,17)(H,18,19). The highest BCUT2D eigenvalue weighted by atomic mass is 35.5. The third-order valence-corrected chi connectivity index (χ3v) is 3.88. The summed E-state index contributed by atoms with van der Waals surface area (Å²) in [5, 5.41) is 22.5. The molecule has 2 N–H and O–H groups in total. The van der Waals surface area contributed by atoms with Crippen molar-refractivity contribution in [2.45, 2.75) is 25.3 Å². The van der Waals surface area contributed by atoms with E-state index in [1.807, 2.05) is 0 Å². The number of nitro groups is 1. The van der Waals surface area contributed by atoms with Crippen molar-refractivity contribution >= 4 is 29.2 Å². The van der Waals surface area contributed by atoms with Gasteiger partial charge in [-0.2, -0.15) is 0 Å². The molecule has 0 heterocycles. The van der Waals surface area contributed by atoms with E-state index in [-0.39, 0.29) is 16.3 Å². The Hall–Kier alpha value is -2.15. The second kappa shape index (κ2) is 6.09. The summed E-state index contributed by atoms with van der Waals surface area (Å²) in [7, 11) is 0. The minimum absolute atomic E-state index is 0.0260. The summed E-state index contributed by atoms with van der Waals surface area (Å²) in [5.41, 5.74) is -0.271. The summed E-state index contributed by atoms with van der Waals surface area (Å²) in [6, 6.07) is 3.08. The van der Waals surface area contributed by atoms with Crippen molar-refractivity contribution in [3.8, 4) is 0 Å². The summed E-state index contributed by atoms with van der Waals surface area (Å²) in [6.07, 6.45) is 1.78. The monoisotopic (exact) mass is 312 g/mol. The van der Waals surface area contributed by atoms with Crippen molar-refractivity contribution < 1.29 is 19.6 Å². The van der Waals surface area contributed by atoms with Gasteiger partial charge in [0.15, 0.2) is 0 Å². The first kappa shape index (κ1) is 15.2. The van der Waals surface area contributed by atoms with Gasteiger partial charge in [0.05, 0.1) is 21.4 Å². The van der Waals surface area contributed by atoms with Gasteiger partial charge in [-0.05, 0) is 18.9 Å². The lowest BCUT2D eigenvalue weighted by Gasteiger charge is -2.17. The Kier molecular flexibility index (Phi) is 4.42. The molecule has 8 heteroatoms. The maximum Gasteiger partial charge on any atom is 0.308 e. The highest BCUT2D eigenvalue weighted by Gasteiger charge is 2.34. The van der Waals surface area contributed by atoms with E-state index in [1.54, 1.807) is 0 Å². The number of rotatable bonds is 4. The normalized spacial score (nSPS) is 21.0. The van der Waals surface area contributed by atoms with Crippen LogP contribution in [0.2, 0.25) is 5.02 Å². The Morgan fingerprint density at radius 2 is 2.10 bits per heavy atom. The molecule has 1 aliphatic carbocycles. The largest absolute Gasteiger partial charge is 0.481 e. The molecule has 0 saturated heterocycles. The molecular formula is C13H13ClN2O5. The van der Waals surface area contributed by atoms with Gasteiger partial charge in [-0.15, -0.1) is 0 Å². The van der Waals surface area contributed by atoms with Crippen LogP contribution >= 0.6 is 11.6 Å². The molecule has 0 aromatic heterocycles. The Balaban J connectivity index is 2.18. The first-order valence-corrected chi connectivity index (χ1v) is 6.75. The van der Waals surface area contributed by atoms with Gasteiger partial charge in [0.1, 0.15) is 0 Å². The average molecular weight is 313 g/mol. The summed E-state index contributed by atoms with van der Waals surface area (Å²) in [6.45, 7) is 0. The minimum Gasteiger partial charge on any atom is -0.481 e. The third kappa shape index (κ3) is 3.30. The number of hydrogen-bond donors (Lipinski definition) is 2. The molecule has 0 radical (unpaired) electrons. The summed E-state index contributed by atoms with van der Waals surface area (Å²) in [4.78, 5) is 33.3. The van der Waals surface area contributed by atoms with Crippen molar-refractivity contribution in [3.63, 3.8) is 0 Å². The summed E-state index contributed by atoms with van der Waals surface area (Å²) < 4.78 is 0. The van der Waals surface area contributed by atoms with Crippen molar-refractivity contribution in [2.24, 2.45) is 5.92 Å². The maximum atomic E-state index is 12.2. The van der Waals surface area contributed by atoms with E-state index in [0.717, 1.165) is 6.07 Å². The van der Waals surface area contributed by atoms with Gasteiger partial charge in [-0.25, -0.2) is 0 Å². The molecule has 2 unspecified atom stereocenters. The van der Waals surface area contributed by atoms with E-state index < -0.39 is 28.8 Å². The number of aliphatic carboxylic acids is 1. The van der Waals surface area contributed by atoms with Gasteiger partial charge >= 0.3 is 5.97 Å². The van der Waals surface area contributed by atoms with E-state index in [9.17, 15) is 19.7 Å². The lowest BCUT2D eigenvalue weighted by Crippen LogP contribution is -2.40. The molecule has 2 rings (SSSR count). The third-order valence-electron chi connectivity index (χ3n) is 3.56. The number of carboxylic acids is 1. The van der Waals surface area contributed by atoms with Crippen molar-refractivity contribution in [2.75, 3.05) is 0 Å². The smallest absolute Gasteiger partial charge is 0.308 e. The molecule has 1 fully saturated rings. The zero-order valence-corrected chi connectivity index (χ0v) is 11.7. The number of non-ortho nitro benzene ring substituents is 1. The summed E-state index contributed by atoms with van der Waals surface area (Å²) >= 11 is 5.88. The number of nitro benzene ring substituents is 1. The van der Waals surface area contributed by atoms with Crippen molar-refractivity contribution in [1.29, 1.82) is 0 Å². The van der Waals surface area contributed by atoms with Crippen LogP contribution in [0.3, 0.4) is 0 Å². The number of benzene rings is 1. The molecular weight excluding hydrogens is 300 g/mol. The van der Waals surface area contributed by atoms with Crippen LogP contribution in [0.1, 0.15) is 29.6 Å². The Morgan fingerprint density at radius 3 is 2.71 bits per heavy atom. The average Bonchev–Trinajstić information content (AvgIpc) is 2.87. The second-order valence-corrected chi connectivity index (χ2v) is 5.28. The molecule has 0 spiro atoms. The molecule has 1 aromatic rings. The number of hydrogen-bond acceptors (Lipinski definition) is 4. The molecule has 21 heavy (non-hydrogen) atoms. The fraction of sp³-hybridized carbons (Fsp3) is 0.385. The SMILES string of the molecule is O=C(NC1CCCC1C(=O)O)c1cc([N+](=O)[O-])ccc1Cl. The van der Waals surface area contributed by atoms with E-state index in [1.165, 1.54) is 12.1 Å². The highest BCUT2D eigenvalue weighted by molar-refractivity contribution is 6.34. The topological polar surface area (TPSA) is 110 Å². The van der Waals surface area contributed by atoms with Gasteiger partial charge in [0.25, 0.3) is 11.6 Å². The molecule has 7 nitrogen and oxygen atoms in total. The predicted molar refractivity (Wildman–Crippen MR) is 74.3 cm³/mol. The van der Waals surface area contributed by atoms with E-state index in [0.29, 0.717) is 19.3 Å². The number of carbonyl (C=O) groups excluding carboxylic acids is 1. The molecule has 1 aromatic carbocycles. The van der Waals surface area contributed by atoms with Gasteiger partial charge in [-0.1, -0.05) is 18.0 Å². The maximum absolute atomic E-state index is 12.2. The van der Waals surface area contributed by atoms with Crippen LogP contribution in [0.5, 0.6) is 0 Å². The number of nitrogens with zero attached hydrogens (tertiary/aromatic N) is 1. The van der Waals surface area contributed by atoms with E-state index in [4.69, 9.17) is 16.7 Å². The fourth-order valence-corrected chi connectivity index (χ4v) is 2.68. The van der Waals surface area contributed by atoms with Crippen LogP contribution in [0.15, 0.2) is 18.2 Å². The molecule has 1 aliphatic rings. The van der Waals surface area contributed by atoms with Crippen LogP contribution in [-0.2, 0) is 4.79 Å². The van der Waals surface area contributed by atoms with Crippen LogP contribution in [0.4, 0.5) is 5.69 Å². The molecule has 0 bridgehead atoms. The van der Waals surface area contributed by atoms with Gasteiger partial charge in [0, 0.05) is 18.2 Å². The van der Waals surface area contributed by atoms with E-state index >= 15 is 0 Å². The summed E-state index contributed by atoms with van der Waals surface area (Å²) in [5.74, 6) is -2.18. The number of amides is 1. The zero-order chi connectivity index (χ0) is 15.6. The lowest BCUT2D eigenvalue weighted by atomic mass is 10.0. The van der Waals surface area contributed by atoms with Gasteiger partial charge in [0.2, 0.25) is 0 Å². The van der Waals surface area contributed by atoms with Gasteiger partial charge < -0.3 is 10.4 Å². The molecule has 112 valence electrons. The Labute approximate surface area is 125 Å². The molecule has 2 atom stereocenters. The van der Waals surface area contributed by atoms with Crippen LogP contribution < -0.4 is 5.32 Å². The first-order valence-electron chi connectivity index (χ1n) is 6.37. The van der Waals surface area contributed by atoms with Crippen molar-refractivity contribution in [1.82, 2.24) is 5.32 Å². The van der Waals surface area contributed by atoms with E-state index in [2.05, 4.69) is 5.32 Å². The molecule has 1 saturated carbocycles. The fourth-order valence-electron chi connectivity index (χ4n) is 2.48. The second-order valence-electron chi connectivity index (χ2n) is 4.88. The first-order chi connectivity index (χ1) is 9.90. The zero-order valence-electron chi connectivity index (χ0n) is 10.9. The van der Waals surface area contributed by atoms with Crippen LogP contribution in [0, 0.1) is 16.0 Å². The number of nitrogens with one attached hydrogen (secondary N) is 1. The lowest BCUT2D eigenvalue weighted by molar-refractivity contribution is -0.384. The minimum atomic E-state index is -0.956. The quantitative estimate of drug-likeness (QED) is 0.654. The number of carbonyl (C=O) groups is 2. The van der Waals surface area contributed by atoms with Crippen molar-refractivity contribution in [3.05, 3.63) is 38.9 Å². The Morgan fingerprint density at radius 1 is 1.38 bits per heavy atom. The van der Waals surface area contributed by atoms with Crippen LogP contribution in [0.25, 0.3) is 0 Å². The molecule has 1 amide bonds. The molecule has 0 aliphatic heterocycles. The van der Waals surface area contributed by atoms with Gasteiger partial charge in [-0.3, -0.25) is 19.7 Å². The number of halogens is 1. The Bertz CT molecular complexity index is 604.